The third-order valence-corrected chi connectivity index (χ3v) is 5.87. The zero-order chi connectivity index (χ0) is 22.9. The highest BCUT2D eigenvalue weighted by Gasteiger charge is 2.31. The molecule has 0 fully saturated rings. The molecule has 8 heteroatoms. The Bertz CT molecular complexity index is 1190. The van der Waals surface area contributed by atoms with Gasteiger partial charge in [0.25, 0.3) is 0 Å². The van der Waals surface area contributed by atoms with Gasteiger partial charge in [-0.05, 0) is 39.9 Å². The fourth-order valence-corrected chi connectivity index (χ4v) is 4.36. The first-order chi connectivity index (χ1) is 16.1. The van der Waals surface area contributed by atoms with Gasteiger partial charge in [0.15, 0.2) is 17.5 Å². The van der Waals surface area contributed by atoms with E-state index in [-0.39, 0.29) is 24.9 Å². The highest BCUT2D eigenvalue weighted by Crippen LogP contribution is 2.45. The van der Waals surface area contributed by atoms with Gasteiger partial charge >= 0.3 is 12.1 Å². The number of rotatable bonds is 6. The predicted molar refractivity (Wildman–Crippen MR) is 118 cm³/mol. The maximum atomic E-state index is 12.6. The number of fused-ring (bicyclic) bond motifs is 4. The molecule has 0 bridgehead atoms. The topological polar surface area (TPSA) is 103 Å². The largest absolute Gasteiger partial charge is 0.493 e. The summed E-state index contributed by atoms with van der Waals surface area (Å²) in [7, 11) is 1.44. The van der Waals surface area contributed by atoms with Gasteiger partial charge in [0.2, 0.25) is 12.5 Å². The number of amides is 1. The quantitative estimate of drug-likeness (QED) is 0.587. The van der Waals surface area contributed by atoms with E-state index in [0.717, 1.165) is 22.3 Å². The van der Waals surface area contributed by atoms with Gasteiger partial charge in [-0.3, -0.25) is 0 Å². The number of carbonyl (C=O) groups excluding carboxylic acids is 1. The van der Waals surface area contributed by atoms with Crippen molar-refractivity contribution in [2.45, 2.75) is 12.0 Å². The summed E-state index contributed by atoms with van der Waals surface area (Å²) in [5, 5.41) is 12.2. The molecule has 3 aromatic carbocycles. The van der Waals surface area contributed by atoms with Crippen LogP contribution in [-0.2, 0) is 9.53 Å². The lowest BCUT2D eigenvalue weighted by molar-refractivity contribution is -0.139. The van der Waals surface area contributed by atoms with Crippen molar-refractivity contribution in [3.05, 3.63) is 77.4 Å². The van der Waals surface area contributed by atoms with Crippen molar-refractivity contribution < 1.29 is 33.6 Å². The summed E-state index contributed by atoms with van der Waals surface area (Å²) in [6, 6.07) is 17.6. The number of nitrogens with one attached hydrogen (secondary N) is 1. The van der Waals surface area contributed by atoms with Crippen molar-refractivity contribution >= 4 is 12.1 Å². The number of ether oxygens (including phenoxy) is 4. The number of benzene rings is 3. The maximum Gasteiger partial charge on any atom is 0.408 e. The van der Waals surface area contributed by atoms with Crippen molar-refractivity contribution in [2.24, 2.45) is 0 Å². The van der Waals surface area contributed by atoms with Crippen LogP contribution < -0.4 is 19.5 Å². The number of alkyl carbamates (subject to hydrolysis) is 1. The zero-order valence-electron chi connectivity index (χ0n) is 17.7. The minimum absolute atomic E-state index is 0.00664. The highest BCUT2D eigenvalue weighted by molar-refractivity contribution is 5.82. The molecular weight excluding hydrogens is 426 g/mol. The normalized spacial score (nSPS) is 14.2. The van der Waals surface area contributed by atoms with E-state index in [2.05, 4.69) is 5.32 Å². The van der Waals surface area contributed by atoms with Crippen molar-refractivity contribution in [3.63, 3.8) is 0 Å². The molecule has 1 amide bonds. The number of hydrogen-bond acceptors (Lipinski definition) is 6. The second kappa shape index (κ2) is 8.38. The van der Waals surface area contributed by atoms with E-state index in [1.54, 1.807) is 0 Å². The van der Waals surface area contributed by atoms with Crippen molar-refractivity contribution in [1.29, 1.82) is 0 Å². The Morgan fingerprint density at radius 3 is 2.36 bits per heavy atom. The standard InChI is InChI=1S/C25H21NO7/c1-30-20-10-14(11-21-23(20)33-13-32-21)22(24(27)28)26-25(29)31-12-19-17-8-4-2-6-15(17)16-7-3-5-9-18(16)19/h2-11,19,22H,12-13H2,1H3,(H,26,29)(H,27,28). The SMILES string of the molecule is COc1cc(C(NC(=O)OCC2c3ccccc3-c3ccccc32)C(=O)O)cc2c1OCO2. The smallest absolute Gasteiger partial charge is 0.408 e. The van der Waals surface area contributed by atoms with Crippen LogP contribution in [0.15, 0.2) is 60.7 Å². The van der Waals surface area contributed by atoms with Crippen LogP contribution in [0.1, 0.15) is 28.7 Å². The average molecular weight is 447 g/mol. The molecule has 8 nitrogen and oxygen atoms in total. The lowest BCUT2D eigenvalue weighted by Crippen LogP contribution is -2.34. The van der Waals surface area contributed by atoms with Crippen LogP contribution in [0.4, 0.5) is 4.79 Å². The molecule has 0 radical (unpaired) electrons. The van der Waals surface area contributed by atoms with Crippen LogP contribution in [0.5, 0.6) is 17.2 Å². The highest BCUT2D eigenvalue weighted by atomic mass is 16.7. The summed E-state index contributed by atoms with van der Waals surface area (Å²) in [5.41, 5.74) is 4.64. The number of carboxylic acids is 1. The van der Waals surface area contributed by atoms with E-state index in [0.29, 0.717) is 17.2 Å². The zero-order valence-corrected chi connectivity index (χ0v) is 17.7. The molecule has 0 aromatic heterocycles. The Labute approximate surface area is 189 Å². The lowest BCUT2D eigenvalue weighted by Gasteiger charge is -2.18. The number of carboxylic acid groups (broad SMARTS) is 1. The molecule has 0 saturated heterocycles. The van der Waals surface area contributed by atoms with Gasteiger partial charge in [-0.1, -0.05) is 48.5 Å². The van der Waals surface area contributed by atoms with E-state index >= 15 is 0 Å². The molecule has 2 N–H and O–H groups in total. The summed E-state index contributed by atoms with van der Waals surface area (Å²) < 4.78 is 21.5. The maximum absolute atomic E-state index is 12.6. The molecule has 1 heterocycles. The number of carbonyl (C=O) groups is 2. The van der Waals surface area contributed by atoms with Crippen molar-refractivity contribution in [1.82, 2.24) is 5.32 Å². The van der Waals surface area contributed by atoms with Crippen molar-refractivity contribution in [2.75, 3.05) is 20.5 Å². The fourth-order valence-electron chi connectivity index (χ4n) is 4.36. The van der Waals surface area contributed by atoms with Gasteiger partial charge in [0, 0.05) is 5.92 Å². The average Bonchev–Trinajstić information content (AvgIpc) is 3.43. The van der Waals surface area contributed by atoms with Gasteiger partial charge < -0.3 is 29.4 Å². The first-order valence-electron chi connectivity index (χ1n) is 10.4. The summed E-state index contributed by atoms with van der Waals surface area (Å²) in [6.45, 7) is 0.0867. The molecule has 1 aliphatic heterocycles. The lowest BCUT2D eigenvalue weighted by atomic mass is 9.98. The number of methoxy groups -OCH3 is 1. The van der Waals surface area contributed by atoms with Gasteiger partial charge in [-0.2, -0.15) is 0 Å². The van der Waals surface area contributed by atoms with Crippen LogP contribution in [0.3, 0.4) is 0 Å². The Kier molecular flexibility index (Phi) is 5.26. The molecule has 0 spiro atoms. The molecular formula is C25H21NO7. The van der Waals surface area contributed by atoms with Gasteiger partial charge in [0.1, 0.15) is 6.61 Å². The molecule has 1 aliphatic carbocycles. The molecule has 3 aromatic rings. The second-order valence-corrected chi connectivity index (χ2v) is 7.70. The van der Waals surface area contributed by atoms with E-state index < -0.39 is 18.1 Å². The first-order valence-corrected chi connectivity index (χ1v) is 10.4. The molecule has 33 heavy (non-hydrogen) atoms. The van der Waals surface area contributed by atoms with E-state index in [4.69, 9.17) is 18.9 Å². The number of aliphatic carboxylic acids is 1. The second-order valence-electron chi connectivity index (χ2n) is 7.70. The van der Waals surface area contributed by atoms with E-state index in [9.17, 15) is 14.7 Å². The first kappa shape index (κ1) is 20.7. The van der Waals surface area contributed by atoms with Crippen LogP contribution in [0.2, 0.25) is 0 Å². The van der Waals surface area contributed by atoms with Crippen LogP contribution in [-0.4, -0.2) is 37.7 Å². The molecule has 1 atom stereocenters. The monoisotopic (exact) mass is 447 g/mol. The van der Waals surface area contributed by atoms with Crippen molar-refractivity contribution in [3.8, 4) is 28.4 Å². The minimum atomic E-state index is -1.36. The van der Waals surface area contributed by atoms with Gasteiger partial charge in [-0.25, -0.2) is 9.59 Å². The van der Waals surface area contributed by atoms with Crippen LogP contribution in [0, 0.1) is 0 Å². The number of hydrogen-bond donors (Lipinski definition) is 2. The van der Waals surface area contributed by atoms with Crippen LogP contribution >= 0.6 is 0 Å². The fraction of sp³-hybridized carbons (Fsp3) is 0.200. The van der Waals surface area contributed by atoms with Gasteiger partial charge in [0.05, 0.1) is 7.11 Å². The molecule has 5 rings (SSSR count). The molecule has 0 saturated carbocycles. The summed E-state index contributed by atoms with van der Waals surface area (Å²) in [4.78, 5) is 24.6. The summed E-state index contributed by atoms with van der Waals surface area (Å²) in [5.74, 6) is -0.307. The van der Waals surface area contributed by atoms with E-state index in [1.165, 1.54) is 19.2 Å². The third-order valence-electron chi connectivity index (χ3n) is 5.87. The Balaban J connectivity index is 1.33. The van der Waals surface area contributed by atoms with Crippen LogP contribution in [0.25, 0.3) is 11.1 Å². The Morgan fingerprint density at radius 1 is 1.06 bits per heavy atom. The van der Waals surface area contributed by atoms with Gasteiger partial charge in [-0.15, -0.1) is 0 Å². The molecule has 1 unspecified atom stereocenters. The molecule has 2 aliphatic rings. The summed E-state index contributed by atoms with van der Waals surface area (Å²) in [6.07, 6.45) is -0.833. The summed E-state index contributed by atoms with van der Waals surface area (Å²) >= 11 is 0. The Hall–Kier alpha value is -4.20. The van der Waals surface area contributed by atoms with E-state index in [1.807, 2.05) is 48.5 Å². The minimum Gasteiger partial charge on any atom is -0.493 e. The predicted octanol–water partition coefficient (Wildman–Crippen LogP) is 4.09. The molecule has 168 valence electrons. The Morgan fingerprint density at radius 2 is 1.73 bits per heavy atom. The third kappa shape index (κ3) is 3.69.